The van der Waals surface area contributed by atoms with E-state index in [4.69, 9.17) is 4.98 Å². The van der Waals surface area contributed by atoms with Gasteiger partial charge in [-0.1, -0.05) is 6.07 Å². The van der Waals surface area contributed by atoms with Crippen LogP contribution in [0, 0.1) is 0 Å². The van der Waals surface area contributed by atoms with Crippen LogP contribution in [0.25, 0.3) is 11.0 Å². The van der Waals surface area contributed by atoms with E-state index in [-0.39, 0.29) is 0 Å². The SMILES string of the molecule is COC(=O)NCc1ccc2c(c1)nc(C1CC1)n2C. The Morgan fingerprint density at radius 2 is 2.32 bits per heavy atom. The fourth-order valence-electron chi connectivity index (χ4n) is 2.33. The summed E-state index contributed by atoms with van der Waals surface area (Å²) >= 11 is 0. The Hall–Kier alpha value is -2.04. The van der Waals surface area contributed by atoms with Crippen molar-refractivity contribution in [2.45, 2.75) is 25.3 Å². The van der Waals surface area contributed by atoms with Gasteiger partial charge in [0.1, 0.15) is 5.82 Å². The summed E-state index contributed by atoms with van der Waals surface area (Å²) in [4.78, 5) is 15.8. The standard InChI is InChI=1S/C14H17N3O2/c1-17-12-6-3-9(8-15-14(18)19-2)7-11(12)16-13(17)10-4-5-10/h3,6-7,10H,4-5,8H2,1-2H3,(H,15,18). The number of hydrogen-bond acceptors (Lipinski definition) is 3. The Balaban J connectivity index is 1.86. The molecule has 0 spiro atoms. The number of amides is 1. The van der Waals surface area contributed by atoms with Gasteiger partial charge in [-0.25, -0.2) is 9.78 Å². The van der Waals surface area contributed by atoms with E-state index in [2.05, 4.69) is 27.7 Å². The quantitative estimate of drug-likeness (QED) is 0.920. The van der Waals surface area contributed by atoms with E-state index in [0.717, 1.165) is 16.6 Å². The number of alkyl carbamates (subject to hydrolysis) is 1. The molecule has 1 saturated carbocycles. The number of carbonyl (C=O) groups is 1. The lowest BCUT2D eigenvalue weighted by Crippen LogP contribution is -2.22. The van der Waals surface area contributed by atoms with E-state index in [9.17, 15) is 4.79 Å². The van der Waals surface area contributed by atoms with E-state index in [1.165, 1.54) is 25.8 Å². The highest BCUT2D eigenvalue weighted by molar-refractivity contribution is 5.77. The van der Waals surface area contributed by atoms with Gasteiger partial charge in [0.25, 0.3) is 0 Å². The number of hydrogen-bond donors (Lipinski definition) is 1. The number of benzene rings is 1. The fraction of sp³-hybridized carbons (Fsp3) is 0.429. The van der Waals surface area contributed by atoms with Crippen molar-refractivity contribution in [2.75, 3.05) is 7.11 Å². The van der Waals surface area contributed by atoms with Gasteiger partial charge >= 0.3 is 6.09 Å². The van der Waals surface area contributed by atoms with Gasteiger partial charge in [0, 0.05) is 19.5 Å². The fourth-order valence-corrected chi connectivity index (χ4v) is 2.33. The van der Waals surface area contributed by atoms with Crippen LogP contribution < -0.4 is 5.32 Å². The minimum atomic E-state index is -0.417. The molecule has 0 bridgehead atoms. The van der Waals surface area contributed by atoms with Crippen molar-refractivity contribution >= 4 is 17.1 Å². The highest BCUT2D eigenvalue weighted by atomic mass is 16.5. The monoisotopic (exact) mass is 259 g/mol. The van der Waals surface area contributed by atoms with Gasteiger partial charge in [-0.15, -0.1) is 0 Å². The maximum Gasteiger partial charge on any atom is 0.407 e. The van der Waals surface area contributed by atoms with Gasteiger partial charge < -0.3 is 14.6 Å². The van der Waals surface area contributed by atoms with Crippen molar-refractivity contribution in [1.82, 2.24) is 14.9 Å². The molecule has 1 aliphatic carbocycles. The summed E-state index contributed by atoms with van der Waals surface area (Å²) in [5.41, 5.74) is 3.16. The summed E-state index contributed by atoms with van der Waals surface area (Å²) < 4.78 is 6.72. The lowest BCUT2D eigenvalue weighted by molar-refractivity contribution is 0.170. The molecule has 2 aromatic rings. The Morgan fingerprint density at radius 3 is 3.00 bits per heavy atom. The lowest BCUT2D eigenvalue weighted by atomic mass is 10.2. The summed E-state index contributed by atoms with van der Waals surface area (Å²) in [6.45, 7) is 0.456. The van der Waals surface area contributed by atoms with Crippen molar-refractivity contribution in [3.05, 3.63) is 29.6 Å². The predicted molar refractivity (Wildman–Crippen MR) is 71.9 cm³/mol. The summed E-state index contributed by atoms with van der Waals surface area (Å²) in [7, 11) is 3.43. The first-order chi connectivity index (χ1) is 9.19. The Kier molecular flexibility index (Phi) is 2.89. The number of fused-ring (bicyclic) bond motifs is 1. The molecule has 1 fully saturated rings. The zero-order chi connectivity index (χ0) is 13.4. The molecular weight excluding hydrogens is 242 g/mol. The molecule has 0 unspecified atom stereocenters. The average Bonchev–Trinajstić information content (AvgIpc) is 3.21. The lowest BCUT2D eigenvalue weighted by Gasteiger charge is -2.04. The first-order valence-corrected chi connectivity index (χ1v) is 6.46. The minimum absolute atomic E-state index is 0.417. The Bertz CT molecular complexity index is 629. The second kappa shape index (κ2) is 4.57. The van der Waals surface area contributed by atoms with Crippen LogP contribution in [-0.2, 0) is 18.3 Å². The van der Waals surface area contributed by atoms with Crippen LogP contribution >= 0.6 is 0 Å². The van der Waals surface area contributed by atoms with Gasteiger partial charge in [-0.05, 0) is 30.5 Å². The second-order valence-electron chi connectivity index (χ2n) is 4.97. The molecule has 1 amide bonds. The van der Waals surface area contributed by atoms with Gasteiger partial charge in [0.05, 0.1) is 18.1 Å². The summed E-state index contributed by atoms with van der Waals surface area (Å²) in [5, 5.41) is 2.67. The van der Waals surface area contributed by atoms with Gasteiger partial charge in [-0.3, -0.25) is 0 Å². The van der Waals surface area contributed by atoms with E-state index >= 15 is 0 Å². The van der Waals surface area contributed by atoms with Crippen LogP contribution in [0.1, 0.15) is 30.1 Å². The number of aryl methyl sites for hydroxylation is 1. The highest BCUT2D eigenvalue weighted by Gasteiger charge is 2.28. The molecule has 5 nitrogen and oxygen atoms in total. The van der Waals surface area contributed by atoms with Crippen LogP contribution in [0.4, 0.5) is 4.79 Å². The summed E-state index contributed by atoms with van der Waals surface area (Å²) in [6.07, 6.45) is 2.07. The van der Waals surface area contributed by atoms with Crippen LogP contribution in [-0.4, -0.2) is 22.8 Å². The van der Waals surface area contributed by atoms with Crippen molar-refractivity contribution < 1.29 is 9.53 Å². The molecule has 1 aliphatic rings. The van der Waals surface area contributed by atoms with Gasteiger partial charge in [0.2, 0.25) is 0 Å². The molecule has 0 saturated heterocycles. The van der Waals surface area contributed by atoms with Crippen LogP contribution in [0.5, 0.6) is 0 Å². The third-order valence-electron chi connectivity index (χ3n) is 3.54. The normalized spacial score (nSPS) is 14.6. The smallest absolute Gasteiger partial charge is 0.407 e. The number of nitrogens with one attached hydrogen (secondary N) is 1. The van der Waals surface area contributed by atoms with Gasteiger partial charge in [0.15, 0.2) is 0 Å². The number of aromatic nitrogens is 2. The third kappa shape index (κ3) is 2.28. The first kappa shape index (κ1) is 12.0. The number of methoxy groups -OCH3 is 1. The zero-order valence-corrected chi connectivity index (χ0v) is 11.1. The molecule has 0 aliphatic heterocycles. The molecule has 0 atom stereocenters. The van der Waals surface area contributed by atoms with E-state index in [0.29, 0.717) is 12.5 Å². The summed E-state index contributed by atoms with van der Waals surface area (Å²) in [6, 6.07) is 6.09. The predicted octanol–water partition coefficient (Wildman–Crippen LogP) is 2.31. The number of ether oxygens (including phenoxy) is 1. The second-order valence-corrected chi connectivity index (χ2v) is 4.97. The molecule has 1 aromatic heterocycles. The van der Waals surface area contributed by atoms with Crippen molar-refractivity contribution in [1.29, 1.82) is 0 Å². The number of carbonyl (C=O) groups excluding carboxylic acids is 1. The Labute approximate surface area is 111 Å². The average molecular weight is 259 g/mol. The van der Waals surface area contributed by atoms with Crippen molar-refractivity contribution in [3.8, 4) is 0 Å². The summed E-state index contributed by atoms with van der Waals surface area (Å²) in [5.74, 6) is 1.81. The van der Waals surface area contributed by atoms with E-state index < -0.39 is 6.09 Å². The molecule has 5 heteroatoms. The van der Waals surface area contributed by atoms with Crippen molar-refractivity contribution in [2.24, 2.45) is 7.05 Å². The number of imidazole rings is 1. The molecule has 100 valence electrons. The van der Waals surface area contributed by atoms with Crippen LogP contribution in [0.3, 0.4) is 0 Å². The number of rotatable bonds is 3. The van der Waals surface area contributed by atoms with Gasteiger partial charge in [-0.2, -0.15) is 0 Å². The maximum atomic E-state index is 11.1. The maximum absolute atomic E-state index is 11.1. The highest BCUT2D eigenvalue weighted by Crippen LogP contribution is 2.40. The first-order valence-electron chi connectivity index (χ1n) is 6.46. The zero-order valence-electron chi connectivity index (χ0n) is 11.1. The molecule has 3 rings (SSSR count). The van der Waals surface area contributed by atoms with Crippen LogP contribution in [0.15, 0.2) is 18.2 Å². The molecule has 0 radical (unpaired) electrons. The largest absolute Gasteiger partial charge is 0.453 e. The molecule has 1 N–H and O–H groups in total. The molecular formula is C14H17N3O2. The molecule has 1 aromatic carbocycles. The Morgan fingerprint density at radius 1 is 1.53 bits per heavy atom. The minimum Gasteiger partial charge on any atom is -0.453 e. The van der Waals surface area contributed by atoms with E-state index in [1.807, 2.05) is 12.1 Å². The number of nitrogens with zero attached hydrogens (tertiary/aromatic N) is 2. The molecule has 1 heterocycles. The third-order valence-corrected chi connectivity index (χ3v) is 3.54. The van der Waals surface area contributed by atoms with E-state index in [1.54, 1.807) is 0 Å². The topological polar surface area (TPSA) is 56.1 Å². The van der Waals surface area contributed by atoms with Crippen LogP contribution in [0.2, 0.25) is 0 Å². The van der Waals surface area contributed by atoms with Crippen molar-refractivity contribution in [3.63, 3.8) is 0 Å². The molecule has 19 heavy (non-hydrogen) atoms.